The Bertz CT molecular complexity index is 784. The molecule has 2 heterocycles. The zero-order chi connectivity index (χ0) is 19.8. The Morgan fingerprint density at radius 1 is 1.19 bits per heavy atom. The number of carbonyl (C=O) groups is 2. The summed E-state index contributed by atoms with van der Waals surface area (Å²) >= 11 is 0. The maximum atomic E-state index is 12.9. The van der Waals surface area contributed by atoms with E-state index in [1.54, 1.807) is 12.2 Å². The summed E-state index contributed by atoms with van der Waals surface area (Å²) in [5.41, 5.74) is 3.18. The highest BCUT2D eigenvalue weighted by atomic mass is 16.7. The van der Waals surface area contributed by atoms with E-state index in [0.29, 0.717) is 37.3 Å². The highest BCUT2D eigenvalue weighted by molar-refractivity contribution is 6.20. The molecule has 146 valence electrons. The Morgan fingerprint density at radius 3 is 2.30 bits per heavy atom. The van der Waals surface area contributed by atoms with Gasteiger partial charge < -0.3 is 19.6 Å². The molecule has 7 heteroatoms. The molecule has 1 saturated heterocycles. The maximum Gasteiger partial charge on any atom is 0.412 e. The molecule has 0 aliphatic carbocycles. The Labute approximate surface area is 159 Å². The maximum absolute atomic E-state index is 12.9. The van der Waals surface area contributed by atoms with E-state index in [0.717, 1.165) is 22.3 Å². The van der Waals surface area contributed by atoms with Crippen molar-refractivity contribution in [3.05, 3.63) is 40.1 Å². The van der Waals surface area contributed by atoms with Gasteiger partial charge in [-0.2, -0.15) is 5.06 Å². The zero-order valence-electron chi connectivity index (χ0n) is 16.5. The SMILES string of the molecule is CNC(=O)OC1=C(c2c(C)cc(C)cc2C)C(=O)OC12CCN(OC)CC2. The molecular formula is C20H26N2O5. The number of hydrogen-bond acceptors (Lipinski definition) is 6. The topological polar surface area (TPSA) is 77.1 Å². The molecule has 1 aromatic carbocycles. The van der Waals surface area contributed by atoms with Gasteiger partial charge in [0.05, 0.1) is 7.11 Å². The lowest BCUT2D eigenvalue weighted by molar-refractivity contribution is -0.182. The summed E-state index contributed by atoms with van der Waals surface area (Å²) in [4.78, 5) is 30.3. The second kappa shape index (κ2) is 7.32. The second-order valence-electron chi connectivity index (χ2n) is 7.11. The second-order valence-corrected chi connectivity index (χ2v) is 7.11. The average molecular weight is 374 g/mol. The molecule has 0 saturated carbocycles. The van der Waals surface area contributed by atoms with Crippen molar-refractivity contribution < 1.29 is 23.9 Å². The van der Waals surface area contributed by atoms with Crippen LogP contribution in [0.4, 0.5) is 4.79 Å². The lowest BCUT2D eigenvalue weighted by atomic mass is 9.86. The molecule has 1 aromatic rings. The normalized spacial score (nSPS) is 19.4. The van der Waals surface area contributed by atoms with Crippen molar-refractivity contribution in [3.8, 4) is 0 Å². The molecule has 3 rings (SSSR count). The first-order valence-corrected chi connectivity index (χ1v) is 9.06. The van der Waals surface area contributed by atoms with Gasteiger partial charge in [0.1, 0.15) is 5.57 Å². The van der Waals surface area contributed by atoms with Gasteiger partial charge in [0.2, 0.25) is 0 Å². The Hall–Kier alpha value is -2.38. The molecule has 1 N–H and O–H groups in total. The van der Waals surface area contributed by atoms with Gasteiger partial charge in [0.25, 0.3) is 0 Å². The largest absolute Gasteiger partial charge is 0.447 e. The number of ether oxygens (including phenoxy) is 2. The quantitative estimate of drug-likeness (QED) is 0.820. The predicted octanol–water partition coefficient (Wildman–Crippen LogP) is 2.63. The van der Waals surface area contributed by atoms with Crippen LogP contribution in [0.1, 0.15) is 35.1 Å². The highest BCUT2D eigenvalue weighted by Crippen LogP contribution is 2.46. The van der Waals surface area contributed by atoms with Crippen LogP contribution in [0.3, 0.4) is 0 Å². The number of esters is 1. The fraction of sp³-hybridized carbons (Fsp3) is 0.500. The van der Waals surface area contributed by atoms with Crippen molar-refractivity contribution in [3.63, 3.8) is 0 Å². The van der Waals surface area contributed by atoms with Gasteiger partial charge in [0, 0.05) is 33.0 Å². The minimum atomic E-state index is -0.947. The number of rotatable bonds is 3. The fourth-order valence-electron chi connectivity index (χ4n) is 4.03. The number of nitrogens with zero attached hydrogens (tertiary/aromatic N) is 1. The minimum absolute atomic E-state index is 0.303. The molecule has 0 radical (unpaired) electrons. The van der Waals surface area contributed by atoms with Crippen LogP contribution in [-0.4, -0.2) is 50.0 Å². The van der Waals surface area contributed by atoms with E-state index in [4.69, 9.17) is 14.3 Å². The van der Waals surface area contributed by atoms with Crippen LogP contribution in [0.25, 0.3) is 5.57 Å². The van der Waals surface area contributed by atoms with Crippen LogP contribution >= 0.6 is 0 Å². The van der Waals surface area contributed by atoms with Gasteiger partial charge in [-0.15, -0.1) is 0 Å². The summed E-state index contributed by atoms with van der Waals surface area (Å²) in [6.07, 6.45) is 0.371. The number of aryl methyl sites for hydroxylation is 3. The van der Waals surface area contributed by atoms with Crippen LogP contribution in [-0.2, 0) is 19.1 Å². The van der Waals surface area contributed by atoms with Crippen LogP contribution in [0.2, 0.25) is 0 Å². The number of benzene rings is 1. The van der Waals surface area contributed by atoms with Crippen molar-refractivity contribution in [1.82, 2.24) is 10.4 Å². The molecule has 0 unspecified atom stereocenters. The third-order valence-corrected chi connectivity index (χ3v) is 5.25. The number of hydrogen-bond donors (Lipinski definition) is 1. The lowest BCUT2D eigenvalue weighted by Gasteiger charge is -2.37. The summed E-state index contributed by atoms with van der Waals surface area (Å²) in [7, 11) is 3.10. The predicted molar refractivity (Wildman–Crippen MR) is 99.8 cm³/mol. The summed E-state index contributed by atoms with van der Waals surface area (Å²) in [5.74, 6) is -0.146. The monoisotopic (exact) mass is 374 g/mol. The summed E-state index contributed by atoms with van der Waals surface area (Å²) in [6.45, 7) is 7.05. The van der Waals surface area contributed by atoms with Gasteiger partial charge in [-0.05, 0) is 37.5 Å². The molecule has 2 aliphatic heterocycles. The van der Waals surface area contributed by atoms with Crippen molar-refractivity contribution in [2.45, 2.75) is 39.2 Å². The van der Waals surface area contributed by atoms with Crippen molar-refractivity contribution in [2.24, 2.45) is 0 Å². The van der Waals surface area contributed by atoms with Crippen molar-refractivity contribution in [2.75, 3.05) is 27.2 Å². The van der Waals surface area contributed by atoms with Crippen molar-refractivity contribution >= 4 is 17.6 Å². The first-order chi connectivity index (χ1) is 12.8. The number of hydroxylamine groups is 2. The van der Waals surface area contributed by atoms with Gasteiger partial charge in [-0.1, -0.05) is 17.7 Å². The van der Waals surface area contributed by atoms with Gasteiger partial charge in [-0.25, -0.2) is 9.59 Å². The van der Waals surface area contributed by atoms with Gasteiger partial charge in [-0.3, -0.25) is 0 Å². The van der Waals surface area contributed by atoms with E-state index in [1.807, 2.05) is 32.9 Å². The molecule has 1 fully saturated rings. The summed E-state index contributed by atoms with van der Waals surface area (Å²) in [6, 6.07) is 4.03. The van der Waals surface area contributed by atoms with Crippen LogP contribution in [0.5, 0.6) is 0 Å². The molecule has 0 atom stereocenters. The smallest absolute Gasteiger partial charge is 0.412 e. The molecular weight excluding hydrogens is 348 g/mol. The molecule has 1 spiro atoms. The molecule has 7 nitrogen and oxygen atoms in total. The Balaban J connectivity index is 2.14. The fourth-order valence-corrected chi connectivity index (χ4v) is 4.03. The first-order valence-electron chi connectivity index (χ1n) is 9.06. The Kier molecular flexibility index (Phi) is 5.26. The van der Waals surface area contributed by atoms with E-state index in [-0.39, 0.29) is 0 Å². The summed E-state index contributed by atoms with van der Waals surface area (Å²) in [5, 5.41) is 4.26. The number of alkyl carbamates (subject to hydrolysis) is 1. The third-order valence-electron chi connectivity index (χ3n) is 5.25. The van der Waals surface area contributed by atoms with E-state index in [9.17, 15) is 9.59 Å². The lowest BCUT2D eigenvalue weighted by Crippen LogP contribution is -2.46. The van der Waals surface area contributed by atoms with Gasteiger partial charge in [0.15, 0.2) is 11.4 Å². The molecule has 1 amide bonds. The van der Waals surface area contributed by atoms with E-state index in [1.165, 1.54) is 7.05 Å². The van der Waals surface area contributed by atoms with Crippen LogP contribution < -0.4 is 5.32 Å². The first kappa shape index (κ1) is 19.4. The standard InChI is InChI=1S/C20H26N2O5/c1-12-10-13(2)15(14(3)11-12)16-17(26-19(24)21-4)20(27-18(16)23)6-8-22(25-5)9-7-20/h10-11H,6-9H2,1-5H3,(H,21,24). The molecule has 2 aliphatic rings. The number of nitrogens with one attached hydrogen (secondary N) is 1. The average Bonchev–Trinajstić information content (AvgIpc) is 2.87. The van der Waals surface area contributed by atoms with Gasteiger partial charge >= 0.3 is 12.1 Å². The van der Waals surface area contributed by atoms with Crippen molar-refractivity contribution in [1.29, 1.82) is 0 Å². The van der Waals surface area contributed by atoms with Crippen LogP contribution in [0, 0.1) is 20.8 Å². The van der Waals surface area contributed by atoms with E-state index >= 15 is 0 Å². The molecule has 0 bridgehead atoms. The summed E-state index contributed by atoms with van der Waals surface area (Å²) < 4.78 is 11.5. The van der Waals surface area contributed by atoms with E-state index in [2.05, 4.69) is 5.32 Å². The number of amides is 1. The third kappa shape index (κ3) is 3.44. The minimum Gasteiger partial charge on any atom is -0.447 e. The molecule has 0 aromatic heterocycles. The Morgan fingerprint density at radius 2 is 1.78 bits per heavy atom. The highest BCUT2D eigenvalue weighted by Gasteiger charge is 2.52. The number of piperidine rings is 1. The molecule has 27 heavy (non-hydrogen) atoms. The zero-order valence-corrected chi connectivity index (χ0v) is 16.5. The van der Waals surface area contributed by atoms with E-state index < -0.39 is 17.7 Å². The number of carbonyl (C=O) groups excluding carboxylic acids is 2. The van der Waals surface area contributed by atoms with Crippen LogP contribution in [0.15, 0.2) is 17.9 Å².